The monoisotopic (exact) mass is 327 g/mol. The highest BCUT2D eigenvalue weighted by atomic mass is 35.5. The summed E-state index contributed by atoms with van der Waals surface area (Å²) in [6.45, 7) is 2.21. The van der Waals surface area contributed by atoms with Crippen LogP contribution in [0.3, 0.4) is 0 Å². The summed E-state index contributed by atoms with van der Waals surface area (Å²) in [5.41, 5.74) is 11.9. The smallest absolute Gasteiger partial charge is 0.255 e. The number of primary amides is 1. The van der Waals surface area contributed by atoms with Gasteiger partial charge in [0.1, 0.15) is 0 Å². The van der Waals surface area contributed by atoms with E-state index in [-0.39, 0.29) is 6.61 Å². The Morgan fingerprint density at radius 1 is 1.50 bits per heavy atom. The molecule has 0 saturated carbocycles. The predicted octanol–water partition coefficient (Wildman–Crippen LogP) is 1.14. The summed E-state index contributed by atoms with van der Waals surface area (Å²) in [6, 6.07) is 4.11. The molecule has 1 aliphatic rings. The molecule has 1 aliphatic heterocycles. The van der Waals surface area contributed by atoms with Gasteiger partial charge in [0.2, 0.25) is 0 Å². The number of amides is 1. The second-order valence-corrected chi connectivity index (χ2v) is 5.77. The second kappa shape index (κ2) is 7.67. The highest BCUT2D eigenvalue weighted by molar-refractivity contribution is 6.32. The quantitative estimate of drug-likeness (QED) is 0.783. The van der Waals surface area contributed by atoms with E-state index in [1.807, 2.05) is 12.1 Å². The highest BCUT2D eigenvalue weighted by Crippen LogP contribution is 2.37. The van der Waals surface area contributed by atoms with E-state index in [2.05, 4.69) is 4.90 Å². The van der Waals surface area contributed by atoms with Gasteiger partial charge in [0, 0.05) is 19.1 Å². The largest absolute Gasteiger partial charge is 0.493 e. The van der Waals surface area contributed by atoms with E-state index in [0.29, 0.717) is 29.1 Å². The zero-order valence-electron chi connectivity index (χ0n) is 12.7. The number of nitrogens with zero attached hydrogens (tertiary/aromatic N) is 1. The van der Waals surface area contributed by atoms with Gasteiger partial charge in [-0.2, -0.15) is 0 Å². The standard InChI is InChI=1S/C15H22ClN3O3/c1-21-13-6-10(8-19-4-2-3-11(19)7-17)5-12(16)15(13)22-9-14(18)20/h5-6,11H,2-4,7-9,17H2,1H3,(H2,18,20). The third kappa shape index (κ3) is 4.03. The van der Waals surface area contributed by atoms with Crippen LogP contribution in [-0.2, 0) is 11.3 Å². The van der Waals surface area contributed by atoms with Crippen molar-refractivity contribution >= 4 is 17.5 Å². The maximum Gasteiger partial charge on any atom is 0.255 e. The Balaban J connectivity index is 2.16. The second-order valence-electron chi connectivity index (χ2n) is 5.37. The van der Waals surface area contributed by atoms with E-state index in [9.17, 15) is 4.79 Å². The van der Waals surface area contributed by atoms with Crippen molar-refractivity contribution in [1.29, 1.82) is 0 Å². The molecule has 1 atom stereocenters. The van der Waals surface area contributed by atoms with Crippen LogP contribution in [0.4, 0.5) is 0 Å². The molecule has 4 N–H and O–H groups in total. The summed E-state index contributed by atoms with van der Waals surface area (Å²) in [5.74, 6) is 0.265. The normalized spacial score (nSPS) is 18.4. The maximum atomic E-state index is 10.8. The van der Waals surface area contributed by atoms with Gasteiger partial charge >= 0.3 is 0 Å². The average molecular weight is 328 g/mol. The molecule has 1 amide bonds. The van der Waals surface area contributed by atoms with Crippen molar-refractivity contribution in [3.63, 3.8) is 0 Å². The summed E-state index contributed by atoms with van der Waals surface area (Å²) in [7, 11) is 1.53. The number of carbonyl (C=O) groups excluding carboxylic acids is 1. The first kappa shape index (κ1) is 16.9. The number of methoxy groups -OCH3 is 1. The van der Waals surface area contributed by atoms with Crippen LogP contribution < -0.4 is 20.9 Å². The lowest BCUT2D eigenvalue weighted by Crippen LogP contribution is -2.34. The van der Waals surface area contributed by atoms with Crippen LogP contribution in [0, 0.1) is 0 Å². The number of ether oxygens (including phenoxy) is 2. The van der Waals surface area contributed by atoms with E-state index in [1.54, 1.807) is 0 Å². The molecule has 122 valence electrons. The molecule has 6 nitrogen and oxygen atoms in total. The molecule has 0 spiro atoms. The van der Waals surface area contributed by atoms with Crippen molar-refractivity contribution in [2.24, 2.45) is 11.5 Å². The number of halogens is 1. The van der Waals surface area contributed by atoms with Gasteiger partial charge in [-0.15, -0.1) is 0 Å². The van der Waals surface area contributed by atoms with Gasteiger partial charge < -0.3 is 20.9 Å². The van der Waals surface area contributed by atoms with Gasteiger partial charge in [0.25, 0.3) is 5.91 Å². The number of rotatable bonds is 7. The van der Waals surface area contributed by atoms with Crippen LogP contribution in [0.2, 0.25) is 5.02 Å². The third-order valence-electron chi connectivity index (χ3n) is 3.80. The first-order valence-corrected chi connectivity index (χ1v) is 7.64. The molecule has 2 rings (SSSR count). The fourth-order valence-electron chi connectivity index (χ4n) is 2.75. The highest BCUT2D eigenvalue weighted by Gasteiger charge is 2.24. The lowest BCUT2D eigenvalue weighted by Gasteiger charge is -2.23. The Labute approximate surface area is 135 Å². The maximum absolute atomic E-state index is 10.8. The molecule has 22 heavy (non-hydrogen) atoms. The van der Waals surface area contributed by atoms with Crippen LogP contribution >= 0.6 is 11.6 Å². The molecular formula is C15H22ClN3O3. The number of nitrogens with two attached hydrogens (primary N) is 2. The van der Waals surface area contributed by atoms with Gasteiger partial charge in [-0.25, -0.2) is 0 Å². The number of hydrogen-bond acceptors (Lipinski definition) is 5. The molecule has 1 unspecified atom stereocenters. The van der Waals surface area contributed by atoms with Gasteiger partial charge in [-0.05, 0) is 37.1 Å². The fraction of sp³-hybridized carbons (Fsp3) is 0.533. The molecule has 1 heterocycles. The van der Waals surface area contributed by atoms with Crippen LogP contribution in [0.1, 0.15) is 18.4 Å². The first-order valence-electron chi connectivity index (χ1n) is 7.26. The molecule has 0 aliphatic carbocycles. The van der Waals surface area contributed by atoms with Crippen molar-refractivity contribution in [3.8, 4) is 11.5 Å². The molecule has 1 aromatic carbocycles. The lowest BCUT2D eigenvalue weighted by atomic mass is 10.1. The Hall–Kier alpha value is -1.50. The molecule has 0 radical (unpaired) electrons. The van der Waals surface area contributed by atoms with Crippen molar-refractivity contribution in [1.82, 2.24) is 4.90 Å². The Morgan fingerprint density at radius 3 is 2.91 bits per heavy atom. The van der Waals surface area contributed by atoms with Crippen molar-refractivity contribution in [3.05, 3.63) is 22.7 Å². The van der Waals surface area contributed by atoms with Crippen LogP contribution in [-0.4, -0.2) is 43.7 Å². The zero-order valence-corrected chi connectivity index (χ0v) is 13.4. The predicted molar refractivity (Wildman–Crippen MR) is 85.2 cm³/mol. The Kier molecular flexibility index (Phi) is 5.88. The minimum absolute atomic E-state index is 0.239. The number of likely N-dealkylation sites (tertiary alicyclic amines) is 1. The van der Waals surface area contributed by atoms with E-state index in [4.69, 9.17) is 32.5 Å². The van der Waals surface area contributed by atoms with Gasteiger partial charge in [0.05, 0.1) is 12.1 Å². The van der Waals surface area contributed by atoms with E-state index in [1.165, 1.54) is 7.11 Å². The Bertz CT molecular complexity index is 539. The fourth-order valence-corrected chi connectivity index (χ4v) is 3.04. The summed E-state index contributed by atoms with van der Waals surface area (Å²) in [5, 5.41) is 0.402. The van der Waals surface area contributed by atoms with E-state index >= 15 is 0 Å². The van der Waals surface area contributed by atoms with E-state index in [0.717, 1.165) is 31.5 Å². The van der Waals surface area contributed by atoms with Crippen molar-refractivity contribution < 1.29 is 14.3 Å². The average Bonchev–Trinajstić information content (AvgIpc) is 2.92. The molecular weight excluding hydrogens is 306 g/mol. The molecule has 0 aromatic heterocycles. The summed E-state index contributed by atoms with van der Waals surface area (Å²) in [4.78, 5) is 13.2. The number of benzene rings is 1. The lowest BCUT2D eigenvalue weighted by molar-refractivity contribution is -0.119. The topological polar surface area (TPSA) is 90.8 Å². The number of carbonyl (C=O) groups is 1. The Morgan fingerprint density at radius 2 is 2.27 bits per heavy atom. The third-order valence-corrected chi connectivity index (χ3v) is 4.09. The SMILES string of the molecule is COc1cc(CN2CCCC2CN)cc(Cl)c1OCC(N)=O. The molecule has 1 saturated heterocycles. The van der Waals surface area contributed by atoms with Crippen LogP contribution in [0.5, 0.6) is 11.5 Å². The van der Waals surface area contributed by atoms with Crippen LogP contribution in [0.15, 0.2) is 12.1 Å². The summed E-state index contributed by atoms with van der Waals surface area (Å²) >= 11 is 6.25. The molecule has 7 heteroatoms. The van der Waals surface area contributed by atoms with Crippen molar-refractivity contribution in [2.45, 2.75) is 25.4 Å². The zero-order chi connectivity index (χ0) is 16.1. The molecule has 1 aromatic rings. The number of hydrogen-bond donors (Lipinski definition) is 2. The van der Waals surface area contributed by atoms with Gasteiger partial charge in [0.15, 0.2) is 18.1 Å². The van der Waals surface area contributed by atoms with Gasteiger partial charge in [-0.3, -0.25) is 9.69 Å². The van der Waals surface area contributed by atoms with E-state index < -0.39 is 5.91 Å². The summed E-state index contributed by atoms with van der Waals surface area (Å²) in [6.07, 6.45) is 2.29. The first-order chi connectivity index (χ1) is 10.5. The summed E-state index contributed by atoms with van der Waals surface area (Å²) < 4.78 is 10.6. The minimum atomic E-state index is -0.565. The molecule has 0 bridgehead atoms. The van der Waals surface area contributed by atoms with Crippen molar-refractivity contribution in [2.75, 3.05) is 26.8 Å². The molecule has 1 fully saturated rings. The minimum Gasteiger partial charge on any atom is -0.493 e. The van der Waals surface area contributed by atoms with Crippen LogP contribution in [0.25, 0.3) is 0 Å². The van der Waals surface area contributed by atoms with Gasteiger partial charge in [-0.1, -0.05) is 11.6 Å².